The van der Waals surface area contributed by atoms with E-state index < -0.39 is 23.6 Å². The van der Waals surface area contributed by atoms with Crippen LogP contribution in [-0.2, 0) is 11.0 Å². The van der Waals surface area contributed by atoms with E-state index in [9.17, 15) is 22.8 Å². The highest BCUT2D eigenvalue weighted by molar-refractivity contribution is 5.83. The molecule has 3 amide bonds. The fourth-order valence-corrected chi connectivity index (χ4v) is 3.40. The van der Waals surface area contributed by atoms with Gasteiger partial charge in [0.15, 0.2) is 0 Å². The summed E-state index contributed by atoms with van der Waals surface area (Å²) in [5.41, 5.74) is -0.328. The number of hydrogen-bond acceptors (Lipinski definition) is 2. The van der Waals surface area contributed by atoms with Crippen LogP contribution in [-0.4, -0.2) is 43.0 Å². The minimum absolute atomic E-state index is 0.181. The molecule has 1 aliphatic heterocycles. The Morgan fingerprint density at radius 1 is 1.21 bits per heavy atom. The highest BCUT2D eigenvalue weighted by Crippen LogP contribution is 2.36. The van der Waals surface area contributed by atoms with E-state index in [4.69, 9.17) is 0 Å². The number of nitrogens with zero attached hydrogens (tertiary/aromatic N) is 1. The Labute approximate surface area is 163 Å². The number of carbonyl (C=O) groups is 2. The van der Waals surface area contributed by atoms with Gasteiger partial charge in [0.2, 0.25) is 5.91 Å². The molecule has 1 aliphatic rings. The van der Waals surface area contributed by atoms with Crippen molar-refractivity contribution in [2.24, 2.45) is 11.8 Å². The third-order valence-electron chi connectivity index (χ3n) is 4.93. The molecule has 1 fully saturated rings. The van der Waals surface area contributed by atoms with Crippen LogP contribution in [0.3, 0.4) is 0 Å². The van der Waals surface area contributed by atoms with E-state index in [1.54, 1.807) is 13.0 Å². The van der Waals surface area contributed by atoms with Gasteiger partial charge in [-0.05, 0) is 30.9 Å². The first-order chi connectivity index (χ1) is 13.1. The molecular formula is C20H28F3N3O2. The Morgan fingerprint density at radius 3 is 2.54 bits per heavy atom. The Hall–Kier alpha value is -2.25. The number of nitrogens with one attached hydrogen (secondary N) is 2. The van der Waals surface area contributed by atoms with Gasteiger partial charge >= 0.3 is 12.2 Å². The first-order valence-electron chi connectivity index (χ1n) is 9.61. The third-order valence-corrected chi connectivity index (χ3v) is 4.93. The molecule has 2 N–H and O–H groups in total. The lowest BCUT2D eigenvalue weighted by Gasteiger charge is -2.19. The van der Waals surface area contributed by atoms with E-state index in [0.29, 0.717) is 24.6 Å². The number of carbonyl (C=O) groups excluding carboxylic acids is 2. The number of urea groups is 1. The fourth-order valence-electron chi connectivity index (χ4n) is 3.40. The molecule has 0 aliphatic carbocycles. The summed E-state index contributed by atoms with van der Waals surface area (Å²) in [5.74, 6) is -0.868. The van der Waals surface area contributed by atoms with Gasteiger partial charge in [-0.25, -0.2) is 4.79 Å². The molecule has 0 saturated carbocycles. The summed E-state index contributed by atoms with van der Waals surface area (Å²) in [6.45, 7) is 7.20. The van der Waals surface area contributed by atoms with E-state index in [-0.39, 0.29) is 25.0 Å². The van der Waals surface area contributed by atoms with Gasteiger partial charge in [0.25, 0.3) is 0 Å². The van der Waals surface area contributed by atoms with Gasteiger partial charge in [0, 0.05) is 32.1 Å². The molecule has 8 heteroatoms. The lowest BCUT2D eigenvalue weighted by molar-refractivity contribution is -0.137. The Bertz CT molecular complexity index is 692. The number of hydrogen-bond donors (Lipinski definition) is 2. The van der Waals surface area contributed by atoms with Crippen molar-refractivity contribution >= 4 is 11.9 Å². The Kier molecular flexibility index (Phi) is 7.32. The number of benzene rings is 1. The quantitative estimate of drug-likeness (QED) is 0.768. The van der Waals surface area contributed by atoms with Crippen LogP contribution in [0.25, 0.3) is 0 Å². The van der Waals surface area contributed by atoms with Crippen molar-refractivity contribution in [2.45, 2.75) is 39.3 Å². The number of amides is 3. The predicted octanol–water partition coefficient (Wildman–Crippen LogP) is 3.61. The van der Waals surface area contributed by atoms with E-state index in [1.165, 1.54) is 11.0 Å². The topological polar surface area (TPSA) is 61.4 Å². The van der Waals surface area contributed by atoms with Crippen molar-refractivity contribution in [1.82, 2.24) is 15.5 Å². The molecule has 0 spiro atoms. The van der Waals surface area contributed by atoms with E-state index in [0.717, 1.165) is 18.6 Å². The molecule has 2 rings (SSSR count). The van der Waals surface area contributed by atoms with Crippen molar-refractivity contribution in [3.63, 3.8) is 0 Å². The number of halogens is 3. The average molecular weight is 399 g/mol. The molecule has 0 radical (unpaired) electrons. The molecule has 28 heavy (non-hydrogen) atoms. The lowest BCUT2D eigenvalue weighted by Crippen LogP contribution is -2.40. The maximum atomic E-state index is 13.1. The smallest absolute Gasteiger partial charge is 0.356 e. The average Bonchev–Trinajstić information content (AvgIpc) is 3.06. The van der Waals surface area contributed by atoms with Gasteiger partial charge in [-0.2, -0.15) is 13.2 Å². The van der Waals surface area contributed by atoms with E-state index in [2.05, 4.69) is 10.6 Å². The SMILES string of the molecule is CCNC(=O)N1C[C@@H](C(=O)NCCC(C)C)[C@H](c2cccc(C(F)(F)F)c2)C1. The zero-order chi connectivity index (χ0) is 20.9. The summed E-state index contributed by atoms with van der Waals surface area (Å²) < 4.78 is 39.3. The molecule has 1 saturated heterocycles. The zero-order valence-electron chi connectivity index (χ0n) is 16.5. The molecule has 0 bridgehead atoms. The molecule has 1 heterocycles. The van der Waals surface area contributed by atoms with E-state index in [1.807, 2.05) is 13.8 Å². The molecule has 5 nitrogen and oxygen atoms in total. The van der Waals surface area contributed by atoms with Crippen LogP contribution in [0.15, 0.2) is 24.3 Å². The summed E-state index contributed by atoms with van der Waals surface area (Å²) in [4.78, 5) is 26.5. The maximum absolute atomic E-state index is 13.1. The molecule has 156 valence electrons. The zero-order valence-corrected chi connectivity index (χ0v) is 16.5. The van der Waals surface area contributed by atoms with Crippen LogP contribution in [0.1, 0.15) is 44.2 Å². The molecule has 0 unspecified atom stereocenters. The summed E-state index contributed by atoms with van der Waals surface area (Å²) in [5, 5.41) is 5.56. The van der Waals surface area contributed by atoms with Crippen LogP contribution < -0.4 is 10.6 Å². The monoisotopic (exact) mass is 399 g/mol. The molecular weight excluding hydrogens is 371 g/mol. The predicted molar refractivity (Wildman–Crippen MR) is 101 cm³/mol. The standard InChI is InChI=1S/C20H28F3N3O2/c1-4-24-19(28)26-11-16(14-6-5-7-15(10-14)20(21,22)23)17(12-26)18(27)25-9-8-13(2)3/h5-7,10,13,16-17H,4,8-9,11-12H2,1-3H3,(H,24,28)(H,25,27)/t16-,17+/m0/s1. The van der Waals surface area contributed by atoms with Gasteiger partial charge < -0.3 is 15.5 Å². The van der Waals surface area contributed by atoms with Crippen molar-refractivity contribution in [1.29, 1.82) is 0 Å². The first kappa shape index (κ1) is 22.0. The van der Waals surface area contributed by atoms with Crippen molar-refractivity contribution < 1.29 is 22.8 Å². The van der Waals surface area contributed by atoms with Gasteiger partial charge in [0.1, 0.15) is 0 Å². The summed E-state index contributed by atoms with van der Waals surface area (Å²) >= 11 is 0. The highest BCUT2D eigenvalue weighted by Gasteiger charge is 2.41. The second kappa shape index (κ2) is 9.30. The minimum Gasteiger partial charge on any atom is -0.356 e. The van der Waals surface area contributed by atoms with Crippen molar-refractivity contribution in [3.05, 3.63) is 35.4 Å². The molecule has 1 aromatic rings. The van der Waals surface area contributed by atoms with Crippen LogP contribution in [0, 0.1) is 11.8 Å². The number of rotatable bonds is 6. The minimum atomic E-state index is -4.46. The lowest BCUT2D eigenvalue weighted by atomic mass is 9.87. The van der Waals surface area contributed by atoms with Crippen LogP contribution in [0.2, 0.25) is 0 Å². The van der Waals surface area contributed by atoms with Gasteiger partial charge in [0.05, 0.1) is 11.5 Å². The van der Waals surface area contributed by atoms with Crippen molar-refractivity contribution in [2.75, 3.05) is 26.2 Å². The van der Waals surface area contributed by atoms with Gasteiger partial charge in [-0.15, -0.1) is 0 Å². The maximum Gasteiger partial charge on any atom is 0.416 e. The number of likely N-dealkylation sites (tertiary alicyclic amines) is 1. The highest BCUT2D eigenvalue weighted by atomic mass is 19.4. The molecule has 1 aromatic carbocycles. The van der Waals surface area contributed by atoms with Gasteiger partial charge in [-0.1, -0.05) is 32.0 Å². The van der Waals surface area contributed by atoms with Crippen molar-refractivity contribution in [3.8, 4) is 0 Å². The normalized spacial score (nSPS) is 19.8. The summed E-state index contributed by atoms with van der Waals surface area (Å²) in [6, 6.07) is 4.73. The summed E-state index contributed by atoms with van der Waals surface area (Å²) in [6.07, 6.45) is -3.64. The van der Waals surface area contributed by atoms with Crippen LogP contribution in [0.4, 0.5) is 18.0 Å². The molecule has 0 aromatic heterocycles. The second-order valence-electron chi connectivity index (χ2n) is 7.55. The fraction of sp³-hybridized carbons (Fsp3) is 0.600. The second-order valence-corrected chi connectivity index (χ2v) is 7.55. The van der Waals surface area contributed by atoms with Crippen LogP contribution in [0.5, 0.6) is 0 Å². The molecule has 2 atom stereocenters. The number of alkyl halides is 3. The Morgan fingerprint density at radius 2 is 1.93 bits per heavy atom. The summed E-state index contributed by atoms with van der Waals surface area (Å²) in [7, 11) is 0. The third kappa shape index (κ3) is 5.62. The first-order valence-corrected chi connectivity index (χ1v) is 9.61. The largest absolute Gasteiger partial charge is 0.416 e. The van der Waals surface area contributed by atoms with E-state index >= 15 is 0 Å². The van der Waals surface area contributed by atoms with Gasteiger partial charge in [-0.3, -0.25) is 4.79 Å². The van der Waals surface area contributed by atoms with Crippen LogP contribution >= 0.6 is 0 Å². The Balaban J connectivity index is 2.24.